The van der Waals surface area contributed by atoms with Crippen LogP contribution in [0.2, 0.25) is 0 Å². The number of hydrogen-bond donors (Lipinski definition) is 0. The summed E-state index contributed by atoms with van der Waals surface area (Å²) in [5.74, 6) is -3.71. The van der Waals surface area contributed by atoms with Crippen LogP contribution in [0.1, 0.15) is 35.7 Å². The quantitative estimate of drug-likeness (QED) is 0.283. The third kappa shape index (κ3) is 5.82. The van der Waals surface area contributed by atoms with Crippen LogP contribution in [0, 0.1) is 24.4 Å². The number of carbonyl (C=O) groups excluding carboxylic acids is 1. The molecule has 3 heterocycles. The molecular formula is C26H27F3LiN3O5. The van der Waals surface area contributed by atoms with Crippen molar-refractivity contribution in [3.8, 4) is 11.4 Å². The summed E-state index contributed by atoms with van der Waals surface area (Å²) in [5.41, 5.74) is 3.22. The Morgan fingerprint density at radius 1 is 1.13 bits per heavy atom. The van der Waals surface area contributed by atoms with Crippen LogP contribution in [-0.2, 0) is 9.53 Å². The van der Waals surface area contributed by atoms with Crippen LogP contribution in [0.15, 0.2) is 48.4 Å². The molecule has 5 rings (SSSR count). The van der Waals surface area contributed by atoms with Crippen LogP contribution in [0.3, 0.4) is 0 Å². The summed E-state index contributed by atoms with van der Waals surface area (Å²) in [7, 11) is 1.58. The van der Waals surface area contributed by atoms with E-state index >= 15 is 0 Å². The number of amides is 1. The van der Waals surface area contributed by atoms with E-state index in [9.17, 15) is 18.0 Å². The topological polar surface area (TPSA) is 118 Å². The largest absolute Gasteiger partial charge is 1.00 e. The molecule has 0 bridgehead atoms. The van der Waals surface area contributed by atoms with Gasteiger partial charge in [0.25, 0.3) is 5.91 Å². The number of imidazole rings is 1. The number of piperidine rings is 1. The average Bonchev–Trinajstić information content (AvgIpc) is 3.29. The maximum absolute atomic E-state index is 13.9. The van der Waals surface area contributed by atoms with Crippen molar-refractivity contribution >= 4 is 12.0 Å². The van der Waals surface area contributed by atoms with Gasteiger partial charge in [-0.05, 0) is 61.2 Å². The third-order valence-electron chi connectivity index (χ3n) is 6.50. The first-order valence-corrected chi connectivity index (χ1v) is 11.3. The molecule has 12 heteroatoms. The van der Waals surface area contributed by atoms with Crippen molar-refractivity contribution in [2.24, 2.45) is 0 Å². The minimum atomic E-state index is -1.53. The monoisotopic (exact) mass is 525 g/mol. The fourth-order valence-corrected chi connectivity index (χ4v) is 4.77. The van der Waals surface area contributed by atoms with Crippen LogP contribution in [0.5, 0.6) is 5.75 Å². The summed E-state index contributed by atoms with van der Waals surface area (Å²) in [6.45, 7) is 2.32. The van der Waals surface area contributed by atoms with E-state index in [-0.39, 0.29) is 53.9 Å². The molecule has 0 aliphatic carbocycles. The van der Waals surface area contributed by atoms with Gasteiger partial charge in [0.05, 0.1) is 50.1 Å². The Morgan fingerprint density at radius 3 is 2.47 bits per heavy atom. The molecular weight excluding hydrogens is 498 g/mol. The standard InChI is InChI=1S/C26H24F3N3O3.Li.2H2O/c1-15-11-31(14-30-15)22-6-3-16(8-24(22)34-2)7-17-4-5-19-12-35-13-23(32(19)26(17)33)18-9-20(27)25(29)21(28)10-18;;;/h3,6-11,14,19,23H,4-5,12-13H2,1-2H3;;2*1H2/q;+1;;/p-1/t19-,23-;;;/m0.../s1. The second-order valence-corrected chi connectivity index (χ2v) is 8.78. The zero-order valence-electron chi connectivity index (χ0n) is 21.2. The minimum absolute atomic E-state index is 0. The van der Waals surface area contributed by atoms with Gasteiger partial charge in [-0.3, -0.25) is 4.79 Å². The van der Waals surface area contributed by atoms with Crippen LogP contribution < -0.4 is 23.6 Å². The van der Waals surface area contributed by atoms with E-state index in [4.69, 9.17) is 9.47 Å². The van der Waals surface area contributed by atoms with Gasteiger partial charge in [0.15, 0.2) is 17.5 Å². The summed E-state index contributed by atoms with van der Waals surface area (Å²) >= 11 is 0. The van der Waals surface area contributed by atoms with Gasteiger partial charge in [-0.2, -0.15) is 0 Å². The normalized spacial score (nSPS) is 19.7. The number of benzene rings is 2. The first-order valence-electron chi connectivity index (χ1n) is 11.3. The molecule has 1 aromatic heterocycles. The van der Waals surface area contributed by atoms with Crippen molar-refractivity contribution in [1.29, 1.82) is 0 Å². The summed E-state index contributed by atoms with van der Waals surface area (Å²) < 4.78 is 54.4. The molecule has 2 aliphatic heterocycles. The smallest absolute Gasteiger partial charge is 0.870 e. The molecule has 0 radical (unpaired) electrons. The Morgan fingerprint density at radius 2 is 1.84 bits per heavy atom. The number of aryl methyl sites for hydroxylation is 1. The fourth-order valence-electron chi connectivity index (χ4n) is 4.77. The second kappa shape index (κ2) is 12.6. The Hall–Kier alpha value is -3.07. The van der Waals surface area contributed by atoms with Crippen molar-refractivity contribution in [2.45, 2.75) is 31.8 Å². The summed E-state index contributed by atoms with van der Waals surface area (Å²) in [6, 6.07) is 6.55. The van der Waals surface area contributed by atoms with E-state index in [1.165, 1.54) is 0 Å². The molecule has 0 unspecified atom stereocenters. The van der Waals surface area contributed by atoms with Crippen LogP contribution in [-0.4, -0.2) is 57.7 Å². The fraction of sp³-hybridized carbons (Fsp3) is 0.308. The number of halogens is 3. The first kappa shape index (κ1) is 31.1. The van der Waals surface area contributed by atoms with Crippen molar-refractivity contribution in [3.05, 3.63) is 82.7 Å². The van der Waals surface area contributed by atoms with Gasteiger partial charge in [-0.15, -0.1) is 0 Å². The van der Waals surface area contributed by atoms with Gasteiger partial charge in [-0.25, -0.2) is 18.2 Å². The summed E-state index contributed by atoms with van der Waals surface area (Å²) in [4.78, 5) is 19.4. The molecule has 0 saturated carbocycles. The number of rotatable bonds is 4. The van der Waals surface area contributed by atoms with Crippen LogP contribution in [0.25, 0.3) is 11.8 Å². The number of hydrogen-bond acceptors (Lipinski definition) is 5. The zero-order chi connectivity index (χ0) is 24.7. The van der Waals surface area contributed by atoms with Crippen molar-refractivity contribution in [2.75, 3.05) is 20.3 Å². The molecule has 2 fully saturated rings. The van der Waals surface area contributed by atoms with Gasteiger partial charge < -0.3 is 29.9 Å². The molecule has 8 nitrogen and oxygen atoms in total. The molecule has 198 valence electrons. The number of methoxy groups -OCH3 is 1. The van der Waals surface area contributed by atoms with E-state index in [0.717, 1.165) is 29.1 Å². The number of fused-ring (bicyclic) bond motifs is 1. The van der Waals surface area contributed by atoms with E-state index in [0.29, 0.717) is 30.8 Å². The molecule has 2 saturated heterocycles. The minimum Gasteiger partial charge on any atom is -0.870 e. The first-order chi connectivity index (χ1) is 16.9. The predicted octanol–water partition coefficient (Wildman–Crippen LogP) is 0.755. The number of morpholine rings is 1. The SMILES string of the molecule is COc1cc(C=C2CC[C@H]3COC[C@@H](c4cc(F)c(F)c(F)c4)N3C2=O)ccc1-n1cnc(C)c1.O.[Li+].[OH-]. The molecule has 0 spiro atoms. The predicted molar refractivity (Wildman–Crippen MR) is 128 cm³/mol. The summed E-state index contributed by atoms with van der Waals surface area (Å²) in [5, 5.41) is 0. The zero-order valence-corrected chi connectivity index (χ0v) is 21.2. The maximum atomic E-state index is 13.9. The van der Waals surface area contributed by atoms with Crippen LogP contribution >= 0.6 is 0 Å². The van der Waals surface area contributed by atoms with Crippen molar-refractivity contribution in [3.63, 3.8) is 0 Å². The van der Waals surface area contributed by atoms with E-state index in [1.807, 2.05) is 42.0 Å². The molecule has 2 aromatic carbocycles. The van der Waals surface area contributed by atoms with E-state index < -0.39 is 23.5 Å². The van der Waals surface area contributed by atoms with Gasteiger partial charge in [-0.1, -0.05) is 6.07 Å². The third-order valence-corrected chi connectivity index (χ3v) is 6.50. The maximum Gasteiger partial charge on any atom is 1.00 e. The molecule has 2 atom stereocenters. The number of aromatic nitrogens is 2. The second-order valence-electron chi connectivity index (χ2n) is 8.78. The van der Waals surface area contributed by atoms with Gasteiger partial charge in [0.1, 0.15) is 5.75 Å². The van der Waals surface area contributed by atoms with Gasteiger partial charge >= 0.3 is 18.9 Å². The van der Waals surface area contributed by atoms with Gasteiger partial charge in [0.2, 0.25) is 0 Å². The molecule has 3 aromatic rings. The van der Waals surface area contributed by atoms with Gasteiger partial charge in [0, 0.05) is 11.8 Å². The molecule has 38 heavy (non-hydrogen) atoms. The Balaban J connectivity index is 0.00000169. The van der Waals surface area contributed by atoms with Crippen molar-refractivity contribution < 1.29 is 57.3 Å². The number of carbonyl (C=O) groups is 1. The summed E-state index contributed by atoms with van der Waals surface area (Å²) in [6.07, 6.45) is 6.58. The average molecular weight is 525 g/mol. The van der Waals surface area contributed by atoms with E-state index in [2.05, 4.69) is 4.98 Å². The Kier molecular flexibility index (Phi) is 10.4. The Bertz CT molecular complexity index is 1310. The molecule has 3 N–H and O–H groups in total. The Labute approximate surface area is 229 Å². The van der Waals surface area contributed by atoms with Crippen molar-refractivity contribution in [1.82, 2.24) is 14.5 Å². The molecule has 1 amide bonds. The van der Waals surface area contributed by atoms with E-state index in [1.54, 1.807) is 18.3 Å². The number of nitrogens with zero attached hydrogens (tertiary/aromatic N) is 3. The number of ether oxygens (including phenoxy) is 2. The van der Waals surface area contributed by atoms with Crippen LogP contribution in [0.4, 0.5) is 13.2 Å². The molecule has 2 aliphatic rings.